The number of methoxy groups -OCH3 is 1. The SMILES string of the molecule is CCOc1cccc(CNc2cc(F)ccc2Br)c1OC. The van der Waals surface area contributed by atoms with Gasteiger partial charge in [-0.3, -0.25) is 0 Å². The number of ether oxygens (including phenoxy) is 2. The predicted octanol–water partition coefficient (Wildman–Crippen LogP) is 4.61. The van der Waals surface area contributed by atoms with Gasteiger partial charge in [0.1, 0.15) is 5.82 Å². The smallest absolute Gasteiger partial charge is 0.165 e. The quantitative estimate of drug-likeness (QED) is 0.822. The lowest BCUT2D eigenvalue weighted by molar-refractivity contribution is 0.309. The van der Waals surface area contributed by atoms with Crippen molar-refractivity contribution >= 4 is 21.6 Å². The molecule has 0 atom stereocenters. The van der Waals surface area contributed by atoms with Crippen molar-refractivity contribution in [3.05, 3.63) is 52.3 Å². The highest BCUT2D eigenvalue weighted by molar-refractivity contribution is 9.10. The van der Waals surface area contributed by atoms with Crippen LogP contribution in [0.5, 0.6) is 11.5 Å². The van der Waals surface area contributed by atoms with Gasteiger partial charge in [0.15, 0.2) is 11.5 Å². The summed E-state index contributed by atoms with van der Waals surface area (Å²) in [6, 6.07) is 10.2. The molecule has 0 spiro atoms. The maximum absolute atomic E-state index is 13.3. The highest BCUT2D eigenvalue weighted by atomic mass is 79.9. The molecule has 0 aliphatic carbocycles. The molecule has 0 saturated heterocycles. The topological polar surface area (TPSA) is 30.5 Å². The summed E-state index contributed by atoms with van der Waals surface area (Å²) in [4.78, 5) is 0. The maximum Gasteiger partial charge on any atom is 0.165 e. The molecule has 3 nitrogen and oxygen atoms in total. The lowest BCUT2D eigenvalue weighted by atomic mass is 10.1. The fourth-order valence-corrected chi connectivity index (χ4v) is 2.41. The van der Waals surface area contributed by atoms with Gasteiger partial charge in [-0.25, -0.2) is 4.39 Å². The number of benzene rings is 2. The molecule has 2 aromatic rings. The zero-order valence-corrected chi connectivity index (χ0v) is 13.5. The van der Waals surface area contributed by atoms with Crippen LogP contribution in [0, 0.1) is 5.82 Å². The van der Waals surface area contributed by atoms with Gasteiger partial charge in [0, 0.05) is 16.6 Å². The molecular formula is C16H17BrFNO2. The normalized spacial score (nSPS) is 10.3. The van der Waals surface area contributed by atoms with Gasteiger partial charge in [0.05, 0.1) is 19.4 Å². The van der Waals surface area contributed by atoms with E-state index >= 15 is 0 Å². The second-order valence-corrected chi connectivity index (χ2v) is 5.21. The molecule has 2 aromatic carbocycles. The van der Waals surface area contributed by atoms with Crippen LogP contribution >= 0.6 is 15.9 Å². The van der Waals surface area contributed by atoms with Crippen molar-refractivity contribution in [2.24, 2.45) is 0 Å². The third kappa shape index (κ3) is 3.88. The van der Waals surface area contributed by atoms with E-state index < -0.39 is 0 Å². The van der Waals surface area contributed by atoms with Crippen molar-refractivity contribution in [3.63, 3.8) is 0 Å². The van der Waals surface area contributed by atoms with E-state index in [9.17, 15) is 4.39 Å². The minimum atomic E-state index is -0.282. The minimum Gasteiger partial charge on any atom is -0.493 e. The Kier molecular flexibility index (Phi) is 5.44. The molecule has 0 bridgehead atoms. The van der Waals surface area contributed by atoms with Crippen molar-refractivity contribution in [3.8, 4) is 11.5 Å². The molecule has 2 rings (SSSR count). The Morgan fingerprint density at radius 1 is 1.24 bits per heavy atom. The summed E-state index contributed by atoms with van der Waals surface area (Å²) in [6.45, 7) is 3.00. The molecule has 0 amide bonds. The summed E-state index contributed by atoms with van der Waals surface area (Å²) < 4.78 is 25.0. The van der Waals surface area contributed by atoms with Crippen LogP contribution in [0.3, 0.4) is 0 Å². The van der Waals surface area contributed by atoms with Gasteiger partial charge in [-0.2, -0.15) is 0 Å². The maximum atomic E-state index is 13.3. The van der Waals surface area contributed by atoms with Crippen molar-refractivity contribution in [2.75, 3.05) is 19.0 Å². The lowest BCUT2D eigenvalue weighted by Crippen LogP contribution is -2.04. The first kappa shape index (κ1) is 15.6. The van der Waals surface area contributed by atoms with Crippen molar-refractivity contribution in [1.82, 2.24) is 0 Å². The molecule has 0 heterocycles. The van der Waals surface area contributed by atoms with E-state index in [-0.39, 0.29) is 5.82 Å². The number of hydrogen-bond acceptors (Lipinski definition) is 3. The van der Waals surface area contributed by atoms with Crippen LogP contribution in [-0.2, 0) is 6.54 Å². The third-order valence-electron chi connectivity index (χ3n) is 2.96. The van der Waals surface area contributed by atoms with Crippen LogP contribution in [0.4, 0.5) is 10.1 Å². The first-order valence-corrected chi connectivity index (χ1v) is 7.42. The molecule has 0 radical (unpaired) electrons. The van der Waals surface area contributed by atoms with Gasteiger partial charge >= 0.3 is 0 Å². The van der Waals surface area contributed by atoms with Gasteiger partial charge < -0.3 is 14.8 Å². The Bertz CT molecular complexity index is 619. The Balaban J connectivity index is 2.19. The van der Waals surface area contributed by atoms with Crippen LogP contribution in [0.15, 0.2) is 40.9 Å². The Morgan fingerprint density at radius 3 is 2.76 bits per heavy atom. The molecule has 0 saturated carbocycles. The molecule has 0 aliphatic heterocycles. The number of rotatable bonds is 6. The van der Waals surface area contributed by atoms with Crippen LogP contribution in [0.25, 0.3) is 0 Å². The van der Waals surface area contributed by atoms with E-state index in [0.717, 1.165) is 10.0 Å². The largest absolute Gasteiger partial charge is 0.493 e. The number of nitrogens with one attached hydrogen (secondary N) is 1. The first-order valence-electron chi connectivity index (χ1n) is 6.63. The lowest BCUT2D eigenvalue weighted by Gasteiger charge is -2.15. The molecule has 112 valence electrons. The van der Waals surface area contributed by atoms with Gasteiger partial charge in [0.2, 0.25) is 0 Å². The fraction of sp³-hybridized carbons (Fsp3) is 0.250. The number of halogens is 2. The average molecular weight is 354 g/mol. The summed E-state index contributed by atoms with van der Waals surface area (Å²) in [5.41, 5.74) is 1.64. The van der Waals surface area contributed by atoms with Crippen LogP contribution < -0.4 is 14.8 Å². The Hall–Kier alpha value is -1.75. The molecule has 0 unspecified atom stereocenters. The van der Waals surface area contributed by atoms with Gasteiger partial charge in [-0.15, -0.1) is 0 Å². The number of anilines is 1. The Morgan fingerprint density at radius 2 is 2.05 bits per heavy atom. The van der Waals surface area contributed by atoms with E-state index in [1.807, 2.05) is 25.1 Å². The van der Waals surface area contributed by atoms with Gasteiger partial charge in [-0.1, -0.05) is 12.1 Å². The summed E-state index contributed by atoms with van der Waals surface area (Å²) >= 11 is 3.39. The monoisotopic (exact) mass is 353 g/mol. The second-order valence-electron chi connectivity index (χ2n) is 4.36. The van der Waals surface area contributed by atoms with Gasteiger partial charge in [0.25, 0.3) is 0 Å². The van der Waals surface area contributed by atoms with Crippen molar-refractivity contribution in [2.45, 2.75) is 13.5 Å². The van der Waals surface area contributed by atoms with Crippen LogP contribution in [0.1, 0.15) is 12.5 Å². The molecule has 0 aliphatic rings. The average Bonchev–Trinajstić information content (AvgIpc) is 2.48. The Labute approximate surface area is 132 Å². The zero-order chi connectivity index (χ0) is 15.2. The van der Waals surface area contributed by atoms with E-state index in [1.54, 1.807) is 13.2 Å². The summed E-state index contributed by atoms with van der Waals surface area (Å²) in [7, 11) is 1.61. The number of para-hydroxylation sites is 1. The first-order chi connectivity index (χ1) is 10.2. The summed E-state index contributed by atoms with van der Waals surface area (Å²) in [6.07, 6.45) is 0. The highest BCUT2D eigenvalue weighted by Crippen LogP contribution is 2.32. The second kappa shape index (κ2) is 7.31. The summed E-state index contributed by atoms with van der Waals surface area (Å²) in [5.74, 6) is 1.12. The fourth-order valence-electron chi connectivity index (χ4n) is 2.02. The predicted molar refractivity (Wildman–Crippen MR) is 85.6 cm³/mol. The molecule has 5 heteroatoms. The molecular weight excluding hydrogens is 337 g/mol. The van der Waals surface area contributed by atoms with E-state index in [1.165, 1.54) is 12.1 Å². The summed E-state index contributed by atoms with van der Waals surface area (Å²) in [5, 5.41) is 3.19. The molecule has 0 aromatic heterocycles. The third-order valence-corrected chi connectivity index (χ3v) is 3.65. The standard InChI is InChI=1S/C16H17BrFNO2/c1-3-21-15-6-4-5-11(16(15)20-2)10-19-14-9-12(18)7-8-13(14)17/h4-9,19H,3,10H2,1-2H3. The zero-order valence-electron chi connectivity index (χ0n) is 12.0. The number of hydrogen-bond donors (Lipinski definition) is 1. The van der Waals surface area contributed by atoms with E-state index in [2.05, 4.69) is 21.2 Å². The van der Waals surface area contributed by atoms with Gasteiger partial charge in [-0.05, 0) is 47.1 Å². The molecule has 21 heavy (non-hydrogen) atoms. The molecule has 1 N–H and O–H groups in total. The van der Waals surface area contributed by atoms with E-state index in [4.69, 9.17) is 9.47 Å². The van der Waals surface area contributed by atoms with Crippen LogP contribution in [0.2, 0.25) is 0 Å². The van der Waals surface area contributed by atoms with Crippen molar-refractivity contribution in [1.29, 1.82) is 0 Å². The minimum absolute atomic E-state index is 0.282. The van der Waals surface area contributed by atoms with Crippen LogP contribution in [-0.4, -0.2) is 13.7 Å². The van der Waals surface area contributed by atoms with E-state index in [0.29, 0.717) is 30.3 Å². The highest BCUT2D eigenvalue weighted by Gasteiger charge is 2.10. The van der Waals surface area contributed by atoms with Crippen molar-refractivity contribution < 1.29 is 13.9 Å². The molecule has 0 fully saturated rings.